The van der Waals surface area contributed by atoms with Crippen LogP contribution in [0.3, 0.4) is 0 Å². The Balaban J connectivity index is 1.62. The lowest BCUT2D eigenvalue weighted by Gasteiger charge is -2.34. The van der Waals surface area contributed by atoms with Crippen molar-refractivity contribution in [2.24, 2.45) is 0 Å². The predicted octanol–water partition coefficient (Wildman–Crippen LogP) is 2.58. The average Bonchev–Trinajstić information content (AvgIpc) is 3.30. The number of aliphatic hydroxyl groups is 2. The molecule has 204 valence electrons. The van der Waals surface area contributed by atoms with E-state index in [-0.39, 0.29) is 43.9 Å². The highest BCUT2D eigenvalue weighted by atomic mass is 19.1. The molecule has 0 saturated carbocycles. The van der Waals surface area contributed by atoms with Gasteiger partial charge in [-0.15, -0.1) is 0 Å². The number of pyridine rings is 2. The van der Waals surface area contributed by atoms with E-state index in [1.807, 2.05) is 0 Å². The summed E-state index contributed by atoms with van der Waals surface area (Å²) in [6.07, 6.45) is 0.413. The zero-order chi connectivity index (χ0) is 27.8. The fourth-order valence-electron chi connectivity index (χ4n) is 6.28. The van der Waals surface area contributed by atoms with Gasteiger partial charge in [0.05, 0.1) is 41.7 Å². The lowest BCUT2D eigenvalue weighted by Crippen LogP contribution is -2.44. The van der Waals surface area contributed by atoms with Crippen LogP contribution in [-0.4, -0.2) is 57.0 Å². The Hall–Kier alpha value is -3.83. The van der Waals surface area contributed by atoms with Crippen LogP contribution in [0.2, 0.25) is 0 Å². The van der Waals surface area contributed by atoms with Gasteiger partial charge in [-0.25, -0.2) is 19.0 Å². The number of nitrogens with zero attached hydrogens (tertiary/aromatic N) is 3. The molecule has 0 radical (unpaired) electrons. The minimum Gasteiger partial charge on any atom is -0.458 e. The number of hydrogen-bond acceptors (Lipinski definition) is 8. The van der Waals surface area contributed by atoms with Crippen molar-refractivity contribution in [2.75, 3.05) is 20.3 Å². The molecule has 1 aliphatic carbocycles. The van der Waals surface area contributed by atoms with Crippen LogP contribution in [0.25, 0.3) is 22.3 Å². The van der Waals surface area contributed by atoms with Crippen LogP contribution in [0, 0.1) is 12.7 Å². The van der Waals surface area contributed by atoms with E-state index in [4.69, 9.17) is 19.6 Å². The number of ether oxygens (including phenoxy) is 2. The van der Waals surface area contributed by atoms with Gasteiger partial charge in [0, 0.05) is 29.6 Å². The zero-order valence-electron chi connectivity index (χ0n) is 21.8. The van der Waals surface area contributed by atoms with Gasteiger partial charge in [0.25, 0.3) is 5.56 Å². The van der Waals surface area contributed by atoms with Crippen molar-refractivity contribution in [3.8, 4) is 11.4 Å². The Labute approximate surface area is 222 Å². The number of hydrogen-bond donors (Lipinski definition) is 2. The van der Waals surface area contributed by atoms with Gasteiger partial charge in [0.2, 0.25) is 0 Å². The van der Waals surface area contributed by atoms with Gasteiger partial charge < -0.3 is 29.2 Å². The molecular weight excluding hydrogens is 509 g/mol. The van der Waals surface area contributed by atoms with E-state index in [9.17, 15) is 19.5 Å². The summed E-state index contributed by atoms with van der Waals surface area (Å²) in [4.78, 5) is 45.3. The third-order valence-corrected chi connectivity index (χ3v) is 8.42. The fraction of sp³-hybridized carbons (Fsp3) is 0.429. The number of rotatable bonds is 4. The van der Waals surface area contributed by atoms with Crippen molar-refractivity contribution >= 4 is 23.0 Å². The first kappa shape index (κ1) is 25.4. The highest BCUT2D eigenvalue weighted by molar-refractivity contribution is 5.93. The molecule has 0 bridgehead atoms. The lowest BCUT2D eigenvalue weighted by atomic mass is 9.81. The van der Waals surface area contributed by atoms with Gasteiger partial charge in [0.1, 0.15) is 19.0 Å². The van der Waals surface area contributed by atoms with Gasteiger partial charge in [-0.2, -0.15) is 0 Å². The van der Waals surface area contributed by atoms with E-state index in [0.29, 0.717) is 40.9 Å². The summed E-state index contributed by atoms with van der Waals surface area (Å²) in [5, 5.41) is 21.0. The molecule has 0 unspecified atom stereocenters. The first-order valence-electron chi connectivity index (χ1n) is 12.9. The third-order valence-electron chi connectivity index (χ3n) is 8.42. The molecule has 6 rings (SSSR count). The second-order valence-corrected chi connectivity index (χ2v) is 10.3. The minimum absolute atomic E-state index is 0.0155. The van der Waals surface area contributed by atoms with E-state index >= 15 is 4.39 Å². The highest BCUT2D eigenvalue weighted by Gasteiger charge is 2.46. The van der Waals surface area contributed by atoms with Crippen molar-refractivity contribution in [1.29, 1.82) is 0 Å². The Bertz CT molecular complexity index is 1650. The van der Waals surface area contributed by atoms with Crippen molar-refractivity contribution in [1.82, 2.24) is 14.5 Å². The van der Waals surface area contributed by atoms with E-state index < -0.39 is 35.1 Å². The molecule has 0 saturated heterocycles. The van der Waals surface area contributed by atoms with Crippen LogP contribution < -0.4 is 5.56 Å². The van der Waals surface area contributed by atoms with Crippen LogP contribution in [0.5, 0.6) is 0 Å². The number of halogens is 1. The maximum atomic E-state index is 15.0. The summed E-state index contributed by atoms with van der Waals surface area (Å²) < 4.78 is 26.9. The smallest absolute Gasteiger partial charge is 0.410 e. The number of benzene rings is 1. The Kier molecular flexibility index (Phi) is 5.78. The van der Waals surface area contributed by atoms with Crippen molar-refractivity contribution in [3.63, 3.8) is 0 Å². The number of amides is 1. The van der Waals surface area contributed by atoms with Gasteiger partial charge >= 0.3 is 12.1 Å². The monoisotopic (exact) mass is 537 g/mol. The Morgan fingerprint density at radius 2 is 2.08 bits per heavy atom. The highest BCUT2D eigenvalue weighted by Crippen LogP contribution is 2.47. The molecule has 2 N–H and O–H groups in total. The van der Waals surface area contributed by atoms with Gasteiger partial charge in [-0.05, 0) is 48.9 Å². The summed E-state index contributed by atoms with van der Waals surface area (Å²) >= 11 is 0. The van der Waals surface area contributed by atoms with Crippen LogP contribution in [0.15, 0.2) is 16.9 Å². The van der Waals surface area contributed by atoms with Crippen LogP contribution in [-0.2, 0) is 39.4 Å². The van der Waals surface area contributed by atoms with E-state index in [0.717, 1.165) is 16.5 Å². The molecule has 10 nitrogen and oxygen atoms in total. The van der Waals surface area contributed by atoms with Crippen molar-refractivity contribution in [2.45, 2.75) is 57.9 Å². The summed E-state index contributed by atoms with van der Waals surface area (Å²) in [5.41, 5.74) is 2.08. The Morgan fingerprint density at radius 1 is 1.31 bits per heavy atom. The number of carbonyl (C=O) groups excluding carboxylic acids is 2. The largest absolute Gasteiger partial charge is 0.458 e. The first-order chi connectivity index (χ1) is 18.6. The lowest BCUT2D eigenvalue weighted by molar-refractivity contribution is -0.172. The molecule has 2 aromatic heterocycles. The molecule has 3 aromatic rings. The molecule has 3 aliphatic rings. The van der Waals surface area contributed by atoms with Gasteiger partial charge in [-0.1, -0.05) is 6.92 Å². The molecule has 2 atom stereocenters. The third kappa shape index (κ3) is 3.45. The molecule has 0 fully saturated rings. The standard InChI is InChI=1S/C28H28FN3O7/c1-4-28(37)17-9-21-24-15(11-32(21)25(34)16(17)12-39-26(28)35)23-20(31(3)27(36)38-8-7-33)6-5-14-13(2)18(29)10-19(30-24)22(14)23/h9-10,20,33,37H,4-8,11-12H2,1-3H3/t20-,28-/m0/s1. The fourth-order valence-corrected chi connectivity index (χ4v) is 6.28. The van der Waals surface area contributed by atoms with Crippen LogP contribution in [0.4, 0.5) is 9.18 Å². The maximum Gasteiger partial charge on any atom is 0.410 e. The summed E-state index contributed by atoms with van der Waals surface area (Å²) in [7, 11) is 1.61. The van der Waals surface area contributed by atoms with E-state index in [1.165, 1.54) is 15.5 Å². The molecule has 4 heterocycles. The topological polar surface area (TPSA) is 131 Å². The first-order valence-corrected chi connectivity index (χ1v) is 12.9. The molecule has 1 amide bonds. The average molecular weight is 538 g/mol. The quantitative estimate of drug-likeness (QED) is 0.380. The summed E-state index contributed by atoms with van der Waals surface area (Å²) in [6, 6.07) is 2.52. The van der Waals surface area contributed by atoms with Crippen LogP contribution in [0.1, 0.15) is 59.2 Å². The number of carbonyl (C=O) groups is 2. The van der Waals surface area contributed by atoms with Crippen molar-refractivity contribution < 1.29 is 33.7 Å². The van der Waals surface area contributed by atoms with Gasteiger partial charge in [-0.3, -0.25) is 4.79 Å². The SMILES string of the molecule is CC[C@@]1(O)C(=O)OCc2c1cc1n(c2=O)Cc2c-1nc1cc(F)c(C)c3c1c2[C@@H](N(C)C(=O)OCCO)CC3. The molecular formula is C28H28FN3O7. The number of esters is 1. The Morgan fingerprint density at radius 3 is 2.79 bits per heavy atom. The number of cyclic esters (lactones) is 1. The second kappa shape index (κ2) is 8.85. The number of aryl methyl sites for hydroxylation is 1. The maximum absolute atomic E-state index is 15.0. The minimum atomic E-state index is -1.97. The van der Waals surface area contributed by atoms with E-state index in [1.54, 1.807) is 27.0 Å². The molecule has 39 heavy (non-hydrogen) atoms. The van der Waals surface area contributed by atoms with E-state index in [2.05, 4.69) is 0 Å². The molecule has 11 heteroatoms. The number of fused-ring (bicyclic) bond motifs is 5. The zero-order valence-corrected chi connectivity index (χ0v) is 21.8. The molecule has 1 aromatic carbocycles. The van der Waals surface area contributed by atoms with Crippen molar-refractivity contribution in [3.05, 3.63) is 61.7 Å². The number of aromatic nitrogens is 2. The van der Waals surface area contributed by atoms with Crippen LogP contribution >= 0.6 is 0 Å². The molecule has 0 spiro atoms. The normalized spacial score (nSPS) is 20.8. The summed E-state index contributed by atoms with van der Waals surface area (Å²) in [5.74, 6) is -1.21. The number of aliphatic hydroxyl groups excluding tert-OH is 1. The van der Waals surface area contributed by atoms with Gasteiger partial charge in [0.15, 0.2) is 5.60 Å². The summed E-state index contributed by atoms with van der Waals surface area (Å²) in [6.45, 7) is 2.81. The predicted molar refractivity (Wildman–Crippen MR) is 136 cm³/mol. The molecule has 2 aliphatic heterocycles. The second-order valence-electron chi connectivity index (χ2n) is 10.3.